The highest BCUT2D eigenvalue weighted by atomic mass is 32.2. The summed E-state index contributed by atoms with van der Waals surface area (Å²) in [6.45, 7) is 7.04. The summed E-state index contributed by atoms with van der Waals surface area (Å²) in [5, 5.41) is 8.99. The molecule has 2 aromatic heterocycles. The van der Waals surface area contributed by atoms with Gasteiger partial charge in [0.1, 0.15) is 11.9 Å². The van der Waals surface area contributed by atoms with Gasteiger partial charge in [0.05, 0.1) is 11.9 Å². The van der Waals surface area contributed by atoms with Crippen molar-refractivity contribution in [3.8, 4) is 0 Å². The topological polar surface area (TPSA) is 92.0 Å². The van der Waals surface area contributed by atoms with E-state index in [2.05, 4.69) is 36.0 Å². The number of rotatable bonds is 4. The Balaban J connectivity index is 1.64. The van der Waals surface area contributed by atoms with Crippen LogP contribution in [0.1, 0.15) is 63.6 Å². The van der Waals surface area contributed by atoms with Crippen molar-refractivity contribution in [1.82, 2.24) is 19.9 Å². The minimum Gasteiger partial charge on any atom is -0.444 e. The first kappa shape index (κ1) is 16.3. The van der Waals surface area contributed by atoms with Crippen molar-refractivity contribution in [2.75, 3.05) is 12.4 Å². The van der Waals surface area contributed by atoms with Gasteiger partial charge in [0.15, 0.2) is 5.82 Å². The van der Waals surface area contributed by atoms with Crippen LogP contribution in [0, 0.1) is 0 Å². The number of aromatic nitrogens is 4. The van der Waals surface area contributed by atoms with Gasteiger partial charge in [0.2, 0.25) is 11.0 Å². The number of nitrogens with zero attached hydrogens (tertiary/aromatic N) is 4. The smallest absolute Gasteiger partial charge is 0.210 e. The zero-order valence-corrected chi connectivity index (χ0v) is 14.6. The Morgan fingerprint density at radius 1 is 1.35 bits per heavy atom. The zero-order valence-electron chi connectivity index (χ0n) is 13.8. The van der Waals surface area contributed by atoms with Gasteiger partial charge < -0.3 is 15.0 Å². The lowest BCUT2D eigenvalue weighted by atomic mass is 9.94. The molecule has 7 nitrogen and oxygen atoms in total. The molecule has 1 aliphatic heterocycles. The third kappa shape index (κ3) is 3.69. The molecule has 2 N–H and O–H groups in total. The number of hydrogen-bond donors (Lipinski definition) is 1. The molecule has 8 heteroatoms. The van der Waals surface area contributed by atoms with E-state index in [0.717, 1.165) is 31.6 Å². The van der Waals surface area contributed by atoms with Crippen LogP contribution in [0.5, 0.6) is 0 Å². The van der Waals surface area contributed by atoms with Crippen LogP contribution in [0.4, 0.5) is 0 Å². The molecule has 0 spiro atoms. The van der Waals surface area contributed by atoms with Crippen LogP contribution in [0.15, 0.2) is 15.8 Å². The van der Waals surface area contributed by atoms with Crippen molar-refractivity contribution >= 4 is 11.8 Å². The lowest BCUT2D eigenvalue weighted by Crippen LogP contribution is -2.21. The van der Waals surface area contributed by atoms with E-state index in [1.165, 1.54) is 16.4 Å². The van der Waals surface area contributed by atoms with Crippen LogP contribution in [0.2, 0.25) is 0 Å². The molecule has 1 saturated heterocycles. The van der Waals surface area contributed by atoms with Gasteiger partial charge in [-0.3, -0.25) is 0 Å². The Kier molecular flexibility index (Phi) is 4.63. The monoisotopic (exact) mass is 337 g/mol. The van der Waals surface area contributed by atoms with Crippen molar-refractivity contribution in [1.29, 1.82) is 0 Å². The van der Waals surface area contributed by atoms with Crippen molar-refractivity contribution < 1.29 is 9.15 Å². The molecular weight excluding hydrogens is 314 g/mol. The third-order valence-corrected chi connectivity index (χ3v) is 4.70. The second kappa shape index (κ2) is 6.52. The first-order valence-electron chi connectivity index (χ1n) is 7.85. The first-order valence-corrected chi connectivity index (χ1v) is 8.83. The molecule has 3 heterocycles. The molecule has 1 aliphatic rings. The Labute approximate surface area is 140 Å². The van der Waals surface area contributed by atoms with Gasteiger partial charge in [-0.05, 0) is 19.3 Å². The SMILES string of the molecule is CC(C)(C)c1cnc(CSc2nnc(C3CCCCO3)n2N)o1. The maximum atomic E-state index is 6.11. The maximum Gasteiger partial charge on any atom is 0.210 e. The number of ether oxygens (including phenoxy) is 1. The molecule has 126 valence electrons. The predicted molar refractivity (Wildman–Crippen MR) is 87.5 cm³/mol. The summed E-state index contributed by atoms with van der Waals surface area (Å²) in [5.74, 6) is 8.91. The van der Waals surface area contributed by atoms with E-state index in [1.807, 2.05) is 0 Å². The van der Waals surface area contributed by atoms with E-state index in [1.54, 1.807) is 6.20 Å². The molecule has 0 amide bonds. The lowest BCUT2D eigenvalue weighted by molar-refractivity contribution is 0.00780. The molecule has 3 rings (SSSR count). The third-order valence-electron chi connectivity index (χ3n) is 3.78. The molecule has 1 unspecified atom stereocenters. The summed E-state index contributed by atoms with van der Waals surface area (Å²) >= 11 is 1.46. The fourth-order valence-electron chi connectivity index (χ4n) is 2.40. The minimum absolute atomic E-state index is 0.0463. The number of hydrogen-bond acceptors (Lipinski definition) is 7. The minimum atomic E-state index is -0.0511. The van der Waals surface area contributed by atoms with Crippen LogP contribution in [0.25, 0.3) is 0 Å². The van der Waals surface area contributed by atoms with Gasteiger partial charge in [0.25, 0.3) is 0 Å². The molecular formula is C15H23N5O2S. The number of thioether (sulfide) groups is 1. The van der Waals surface area contributed by atoms with Gasteiger partial charge in [-0.1, -0.05) is 32.5 Å². The van der Waals surface area contributed by atoms with Crippen LogP contribution < -0.4 is 5.84 Å². The highest BCUT2D eigenvalue weighted by Crippen LogP contribution is 2.29. The van der Waals surface area contributed by atoms with Crippen molar-refractivity contribution in [3.05, 3.63) is 23.7 Å². The molecule has 1 fully saturated rings. The Morgan fingerprint density at radius 2 is 2.17 bits per heavy atom. The lowest BCUT2D eigenvalue weighted by Gasteiger charge is -2.21. The van der Waals surface area contributed by atoms with Gasteiger partial charge in [-0.25, -0.2) is 9.66 Å². The molecule has 0 radical (unpaired) electrons. The molecule has 2 aromatic rings. The average Bonchev–Trinajstić information content (AvgIpc) is 3.13. The van der Waals surface area contributed by atoms with E-state index in [0.29, 0.717) is 22.6 Å². The summed E-state index contributed by atoms with van der Waals surface area (Å²) in [5.41, 5.74) is -0.0463. The normalized spacial score (nSPS) is 19.2. The van der Waals surface area contributed by atoms with Crippen LogP contribution >= 0.6 is 11.8 Å². The first-order chi connectivity index (χ1) is 10.9. The fourth-order valence-corrected chi connectivity index (χ4v) is 3.12. The van der Waals surface area contributed by atoms with E-state index in [9.17, 15) is 0 Å². The second-order valence-electron chi connectivity index (χ2n) is 6.72. The van der Waals surface area contributed by atoms with Gasteiger partial charge >= 0.3 is 0 Å². The number of oxazole rings is 1. The van der Waals surface area contributed by atoms with Gasteiger partial charge in [0, 0.05) is 12.0 Å². The number of nitrogens with two attached hydrogens (primary N) is 1. The highest BCUT2D eigenvalue weighted by molar-refractivity contribution is 7.98. The molecule has 0 saturated carbocycles. The van der Waals surface area contributed by atoms with Crippen molar-refractivity contribution in [2.45, 2.75) is 62.5 Å². The Bertz CT molecular complexity index is 655. The Morgan fingerprint density at radius 3 is 2.83 bits per heavy atom. The molecule has 23 heavy (non-hydrogen) atoms. The summed E-state index contributed by atoms with van der Waals surface area (Å²) in [7, 11) is 0. The maximum absolute atomic E-state index is 6.11. The second-order valence-corrected chi connectivity index (χ2v) is 7.67. The quantitative estimate of drug-likeness (QED) is 0.677. The molecule has 0 aromatic carbocycles. The van der Waals surface area contributed by atoms with Crippen LogP contribution in [-0.2, 0) is 15.9 Å². The average molecular weight is 337 g/mol. The molecule has 0 aliphatic carbocycles. The molecule has 1 atom stereocenters. The van der Waals surface area contributed by atoms with Crippen molar-refractivity contribution in [3.63, 3.8) is 0 Å². The van der Waals surface area contributed by atoms with Crippen LogP contribution in [0.3, 0.4) is 0 Å². The summed E-state index contributed by atoms with van der Waals surface area (Å²) < 4.78 is 13.0. The largest absolute Gasteiger partial charge is 0.444 e. The summed E-state index contributed by atoms with van der Waals surface area (Å²) in [6, 6.07) is 0. The predicted octanol–water partition coefficient (Wildman–Crippen LogP) is 2.81. The van der Waals surface area contributed by atoms with E-state index < -0.39 is 0 Å². The highest BCUT2D eigenvalue weighted by Gasteiger charge is 2.24. The molecule has 0 bridgehead atoms. The van der Waals surface area contributed by atoms with Crippen molar-refractivity contribution in [2.24, 2.45) is 0 Å². The standard InChI is InChI=1S/C15H23N5O2S/c1-15(2,3)11-8-17-12(22-11)9-23-14-19-18-13(20(14)16)10-6-4-5-7-21-10/h8,10H,4-7,9,16H2,1-3H3. The number of nitrogen functional groups attached to an aromatic ring is 1. The van der Waals surface area contributed by atoms with E-state index in [4.69, 9.17) is 15.0 Å². The summed E-state index contributed by atoms with van der Waals surface area (Å²) in [6.07, 6.45) is 4.90. The summed E-state index contributed by atoms with van der Waals surface area (Å²) in [4.78, 5) is 4.31. The zero-order chi connectivity index (χ0) is 16.4. The van der Waals surface area contributed by atoms with Crippen LogP contribution in [-0.4, -0.2) is 26.5 Å². The fraction of sp³-hybridized carbons (Fsp3) is 0.667. The van der Waals surface area contributed by atoms with Gasteiger partial charge in [-0.2, -0.15) is 0 Å². The van der Waals surface area contributed by atoms with E-state index in [-0.39, 0.29) is 11.5 Å². The van der Waals surface area contributed by atoms with Gasteiger partial charge in [-0.15, -0.1) is 10.2 Å². The Hall–Kier alpha value is -1.54. The van der Waals surface area contributed by atoms with E-state index >= 15 is 0 Å².